The van der Waals surface area contributed by atoms with Gasteiger partial charge in [0.2, 0.25) is 5.91 Å². The fourth-order valence-electron chi connectivity index (χ4n) is 3.37. The summed E-state index contributed by atoms with van der Waals surface area (Å²) in [7, 11) is 0. The Morgan fingerprint density at radius 1 is 1.12 bits per heavy atom. The molecule has 1 aliphatic heterocycles. The molecule has 0 radical (unpaired) electrons. The normalized spacial score (nSPS) is 16.7. The Balaban J connectivity index is 1.44. The molecule has 25 heavy (non-hydrogen) atoms. The number of carbonyl (C=O) groups is 1. The van der Waals surface area contributed by atoms with Crippen molar-refractivity contribution in [3.63, 3.8) is 0 Å². The standard InChI is InChI=1S/C21H26N2O2/c1-21(25,19-9-3-2-4-10-19)15-20(24)22-12-14-23-13-11-17-7-5-6-8-18(17)16-23/h2-10,25H,11-16H2,1H3,(H,22,24). The fraction of sp³-hybridized carbons (Fsp3) is 0.381. The van der Waals surface area contributed by atoms with E-state index in [0.717, 1.165) is 31.6 Å². The minimum Gasteiger partial charge on any atom is -0.385 e. The largest absolute Gasteiger partial charge is 0.385 e. The predicted molar refractivity (Wildman–Crippen MR) is 99.1 cm³/mol. The van der Waals surface area contributed by atoms with Gasteiger partial charge in [0.15, 0.2) is 0 Å². The molecule has 0 fully saturated rings. The summed E-state index contributed by atoms with van der Waals surface area (Å²) < 4.78 is 0. The van der Waals surface area contributed by atoms with E-state index >= 15 is 0 Å². The van der Waals surface area contributed by atoms with Crippen LogP contribution in [-0.4, -0.2) is 35.5 Å². The van der Waals surface area contributed by atoms with E-state index in [1.807, 2.05) is 30.3 Å². The van der Waals surface area contributed by atoms with Crippen LogP contribution in [0.4, 0.5) is 0 Å². The van der Waals surface area contributed by atoms with Gasteiger partial charge in [-0.15, -0.1) is 0 Å². The zero-order valence-corrected chi connectivity index (χ0v) is 14.7. The molecular formula is C21H26N2O2. The Morgan fingerprint density at radius 2 is 1.80 bits per heavy atom. The van der Waals surface area contributed by atoms with Crippen molar-refractivity contribution in [1.29, 1.82) is 0 Å². The number of hydrogen-bond donors (Lipinski definition) is 2. The Labute approximate surface area is 149 Å². The van der Waals surface area contributed by atoms with Crippen molar-refractivity contribution in [2.75, 3.05) is 19.6 Å². The SMILES string of the molecule is CC(O)(CC(=O)NCCN1CCc2ccccc2C1)c1ccccc1. The van der Waals surface area contributed by atoms with Crippen LogP contribution in [0.3, 0.4) is 0 Å². The molecule has 4 nitrogen and oxygen atoms in total. The van der Waals surface area contributed by atoms with Crippen LogP contribution in [0.5, 0.6) is 0 Å². The van der Waals surface area contributed by atoms with Crippen LogP contribution >= 0.6 is 0 Å². The quantitative estimate of drug-likeness (QED) is 0.851. The minimum absolute atomic E-state index is 0.0693. The van der Waals surface area contributed by atoms with Crippen molar-refractivity contribution < 1.29 is 9.90 Å². The van der Waals surface area contributed by atoms with Crippen molar-refractivity contribution in [2.45, 2.75) is 31.9 Å². The first-order chi connectivity index (χ1) is 12.0. The Bertz CT molecular complexity index is 713. The summed E-state index contributed by atoms with van der Waals surface area (Å²) in [6.07, 6.45) is 1.13. The van der Waals surface area contributed by atoms with Gasteiger partial charge in [-0.05, 0) is 30.0 Å². The van der Waals surface area contributed by atoms with E-state index in [2.05, 4.69) is 34.5 Å². The number of nitrogens with one attached hydrogen (secondary N) is 1. The number of rotatable bonds is 6. The second-order valence-electron chi connectivity index (χ2n) is 6.96. The Kier molecular flexibility index (Phi) is 5.51. The first kappa shape index (κ1) is 17.6. The van der Waals surface area contributed by atoms with Crippen molar-refractivity contribution in [2.24, 2.45) is 0 Å². The van der Waals surface area contributed by atoms with Gasteiger partial charge in [0.05, 0.1) is 12.0 Å². The Hall–Kier alpha value is -2.17. The third-order valence-electron chi connectivity index (χ3n) is 4.86. The number of aliphatic hydroxyl groups is 1. The summed E-state index contributed by atoms with van der Waals surface area (Å²) in [5, 5.41) is 13.5. The molecule has 2 aromatic rings. The van der Waals surface area contributed by atoms with E-state index in [9.17, 15) is 9.90 Å². The lowest BCUT2D eigenvalue weighted by Gasteiger charge is -2.29. The second-order valence-corrected chi connectivity index (χ2v) is 6.96. The number of benzene rings is 2. The summed E-state index contributed by atoms with van der Waals surface area (Å²) >= 11 is 0. The summed E-state index contributed by atoms with van der Waals surface area (Å²) in [5.74, 6) is -0.119. The van der Waals surface area contributed by atoms with E-state index < -0.39 is 5.60 Å². The monoisotopic (exact) mass is 338 g/mol. The molecule has 2 aromatic carbocycles. The van der Waals surface area contributed by atoms with Gasteiger partial charge in [-0.2, -0.15) is 0 Å². The highest BCUT2D eigenvalue weighted by molar-refractivity contribution is 5.77. The molecule has 0 spiro atoms. The molecule has 0 bridgehead atoms. The van der Waals surface area contributed by atoms with Gasteiger partial charge in [-0.3, -0.25) is 9.69 Å². The zero-order valence-electron chi connectivity index (χ0n) is 14.7. The van der Waals surface area contributed by atoms with Gasteiger partial charge in [0.25, 0.3) is 0 Å². The van der Waals surface area contributed by atoms with E-state index in [0.29, 0.717) is 6.54 Å². The van der Waals surface area contributed by atoms with Crippen LogP contribution in [0.25, 0.3) is 0 Å². The molecule has 1 atom stereocenters. The van der Waals surface area contributed by atoms with Crippen molar-refractivity contribution >= 4 is 5.91 Å². The van der Waals surface area contributed by atoms with Crippen molar-refractivity contribution in [3.8, 4) is 0 Å². The number of amides is 1. The molecular weight excluding hydrogens is 312 g/mol. The zero-order chi connectivity index (χ0) is 17.7. The van der Waals surface area contributed by atoms with Gasteiger partial charge >= 0.3 is 0 Å². The van der Waals surface area contributed by atoms with Crippen LogP contribution < -0.4 is 5.32 Å². The fourth-order valence-corrected chi connectivity index (χ4v) is 3.37. The molecule has 0 aromatic heterocycles. The molecule has 2 N–H and O–H groups in total. The second kappa shape index (κ2) is 7.81. The molecule has 1 heterocycles. The molecule has 1 amide bonds. The van der Waals surface area contributed by atoms with Crippen LogP contribution in [0.2, 0.25) is 0 Å². The van der Waals surface area contributed by atoms with Crippen LogP contribution in [0.1, 0.15) is 30.0 Å². The van der Waals surface area contributed by atoms with Gasteiger partial charge in [0.1, 0.15) is 0 Å². The maximum atomic E-state index is 12.2. The topological polar surface area (TPSA) is 52.6 Å². The number of fused-ring (bicyclic) bond motifs is 1. The predicted octanol–water partition coefficient (Wildman–Crippen LogP) is 2.46. The maximum absolute atomic E-state index is 12.2. The first-order valence-corrected chi connectivity index (χ1v) is 8.88. The average Bonchev–Trinajstić information content (AvgIpc) is 2.62. The third-order valence-corrected chi connectivity index (χ3v) is 4.86. The van der Waals surface area contributed by atoms with Gasteiger partial charge in [-0.1, -0.05) is 54.6 Å². The summed E-state index contributed by atoms with van der Waals surface area (Å²) in [6, 6.07) is 17.9. The molecule has 0 aliphatic carbocycles. The molecule has 0 saturated heterocycles. The molecule has 0 saturated carbocycles. The number of carbonyl (C=O) groups excluding carboxylic acids is 1. The third kappa shape index (κ3) is 4.68. The molecule has 4 heteroatoms. The van der Waals surface area contributed by atoms with E-state index in [1.165, 1.54) is 11.1 Å². The van der Waals surface area contributed by atoms with Gasteiger partial charge in [-0.25, -0.2) is 0 Å². The lowest BCUT2D eigenvalue weighted by atomic mass is 9.92. The maximum Gasteiger partial charge on any atom is 0.223 e. The summed E-state index contributed by atoms with van der Waals surface area (Å²) in [6.45, 7) is 5.07. The highest BCUT2D eigenvalue weighted by Gasteiger charge is 2.26. The number of nitrogens with zero attached hydrogens (tertiary/aromatic N) is 1. The minimum atomic E-state index is -1.14. The molecule has 3 rings (SSSR count). The highest BCUT2D eigenvalue weighted by Crippen LogP contribution is 2.23. The average molecular weight is 338 g/mol. The Morgan fingerprint density at radius 3 is 2.56 bits per heavy atom. The van der Waals surface area contributed by atoms with E-state index in [-0.39, 0.29) is 12.3 Å². The van der Waals surface area contributed by atoms with Crippen LogP contribution in [0.15, 0.2) is 54.6 Å². The van der Waals surface area contributed by atoms with E-state index in [1.54, 1.807) is 6.92 Å². The first-order valence-electron chi connectivity index (χ1n) is 8.88. The van der Waals surface area contributed by atoms with Gasteiger partial charge in [0, 0.05) is 26.2 Å². The van der Waals surface area contributed by atoms with Crippen LogP contribution in [-0.2, 0) is 23.4 Å². The lowest BCUT2D eigenvalue weighted by molar-refractivity contribution is -0.125. The van der Waals surface area contributed by atoms with Gasteiger partial charge < -0.3 is 10.4 Å². The molecule has 132 valence electrons. The lowest BCUT2D eigenvalue weighted by Crippen LogP contribution is -2.39. The summed E-state index contributed by atoms with van der Waals surface area (Å²) in [4.78, 5) is 14.5. The van der Waals surface area contributed by atoms with Crippen molar-refractivity contribution in [1.82, 2.24) is 10.2 Å². The smallest absolute Gasteiger partial charge is 0.223 e. The van der Waals surface area contributed by atoms with E-state index in [4.69, 9.17) is 0 Å². The molecule has 1 unspecified atom stereocenters. The number of hydrogen-bond acceptors (Lipinski definition) is 3. The van der Waals surface area contributed by atoms with Crippen LogP contribution in [0, 0.1) is 0 Å². The summed E-state index contributed by atoms with van der Waals surface area (Å²) in [5.41, 5.74) is 2.43. The highest BCUT2D eigenvalue weighted by atomic mass is 16.3. The molecule has 1 aliphatic rings. The van der Waals surface area contributed by atoms with Crippen molar-refractivity contribution in [3.05, 3.63) is 71.3 Å².